The van der Waals surface area contributed by atoms with Crippen molar-refractivity contribution in [1.29, 1.82) is 5.26 Å². The molecule has 2 bridgehead atoms. The molecular weight excluding hydrogens is 512 g/mol. The zero-order valence-corrected chi connectivity index (χ0v) is 25.2. The first-order valence-corrected chi connectivity index (χ1v) is 14.9. The van der Waals surface area contributed by atoms with Gasteiger partial charge in [0.2, 0.25) is 5.88 Å². The highest BCUT2D eigenvalue weighted by Gasteiger charge is 2.49. The SMILES string of the molecule is CC.CC(=NC1CN(C2CC3CC2N3)C1)/C(=C\N)c1cc(OC(C)c2ccccn2)n2c(C#N)cnc2c1.CCC. The standard InChI is InChI=1S/C27H30N8O.C3H8.C2H6/c1-16(32-20-14-34(15-20)25-10-19-9-24(25)33-19)22(12-29)18-7-26-31-13-21(11-28)35(26)27(8-18)36-17(2)23-5-3-4-6-30-23;1-3-2;1-2/h3-8,12-13,17,19-20,24-25,33H,9-10,14-15,29H2,1-2H3;3H2,1-2H3;1-2H3/b22-12+,32-16?;;. The van der Waals surface area contributed by atoms with Crippen LogP contribution in [0.4, 0.5) is 0 Å². The average Bonchev–Trinajstić information content (AvgIpc) is 3.67. The van der Waals surface area contributed by atoms with E-state index in [1.54, 1.807) is 23.0 Å². The fourth-order valence-corrected chi connectivity index (χ4v) is 5.74. The lowest BCUT2D eigenvalue weighted by Gasteiger charge is -2.43. The van der Waals surface area contributed by atoms with E-state index in [2.05, 4.69) is 40.1 Å². The molecular formula is C32H44N8O. The minimum atomic E-state index is -0.323. The van der Waals surface area contributed by atoms with Crippen LogP contribution < -0.4 is 15.8 Å². The summed E-state index contributed by atoms with van der Waals surface area (Å²) in [5.74, 6) is 0.504. The molecule has 218 valence electrons. The molecule has 9 nitrogen and oxygen atoms in total. The first-order valence-electron chi connectivity index (χ1n) is 14.9. The highest BCUT2D eigenvalue weighted by Crippen LogP contribution is 2.36. The molecule has 7 rings (SSSR count). The van der Waals surface area contributed by atoms with Gasteiger partial charge in [0.1, 0.15) is 23.5 Å². The zero-order chi connectivity index (χ0) is 29.5. The van der Waals surface area contributed by atoms with Gasteiger partial charge >= 0.3 is 0 Å². The topological polar surface area (TPSA) is 117 Å². The number of nitrogens with one attached hydrogen (secondary N) is 1. The quantitative estimate of drug-likeness (QED) is 0.388. The normalized spacial score (nSPS) is 22.8. The van der Waals surface area contributed by atoms with Gasteiger partial charge in [0, 0.05) is 61.0 Å². The monoisotopic (exact) mass is 556 g/mol. The smallest absolute Gasteiger partial charge is 0.201 e. The van der Waals surface area contributed by atoms with Crippen LogP contribution in [0.3, 0.4) is 0 Å². The van der Waals surface area contributed by atoms with E-state index in [0.29, 0.717) is 29.3 Å². The number of nitrogens with two attached hydrogens (primary N) is 1. The van der Waals surface area contributed by atoms with Crippen LogP contribution in [0.2, 0.25) is 0 Å². The van der Waals surface area contributed by atoms with Gasteiger partial charge in [-0.05, 0) is 50.5 Å². The number of pyridine rings is 2. The molecule has 3 aromatic heterocycles. The van der Waals surface area contributed by atoms with E-state index in [9.17, 15) is 5.26 Å². The lowest BCUT2D eigenvalue weighted by atomic mass is 10.0. The minimum Gasteiger partial charge on any atom is -0.469 e. The van der Waals surface area contributed by atoms with Gasteiger partial charge in [0.15, 0.2) is 0 Å². The predicted octanol–water partition coefficient (Wildman–Crippen LogP) is 5.13. The number of aliphatic imine (C=N–C) groups is 1. The lowest BCUT2D eigenvalue weighted by molar-refractivity contribution is 0.0904. The molecule has 1 aliphatic carbocycles. The first kappa shape index (κ1) is 30.2. The Labute approximate surface area is 244 Å². The number of hydrogen-bond donors (Lipinski definition) is 2. The van der Waals surface area contributed by atoms with Gasteiger partial charge in [-0.1, -0.05) is 40.2 Å². The summed E-state index contributed by atoms with van der Waals surface area (Å²) < 4.78 is 8.03. The summed E-state index contributed by atoms with van der Waals surface area (Å²) >= 11 is 0. The third-order valence-corrected chi connectivity index (χ3v) is 7.67. The maximum absolute atomic E-state index is 9.63. The van der Waals surface area contributed by atoms with Crippen molar-refractivity contribution in [2.24, 2.45) is 10.7 Å². The number of allylic oxidation sites excluding steroid dienone is 1. The van der Waals surface area contributed by atoms with Crippen LogP contribution in [0, 0.1) is 11.3 Å². The second-order valence-corrected chi connectivity index (χ2v) is 10.7. The number of imidazole rings is 1. The van der Waals surface area contributed by atoms with Gasteiger partial charge < -0.3 is 15.8 Å². The van der Waals surface area contributed by atoms with Crippen LogP contribution in [0.25, 0.3) is 11.2 Å². The Balaban J connectivity index is 0.000000728. The van der Waals surface area contributed by atoms with Crippen molar-refractivity contribution in [3.8, 4) is 11.9 Å². The van der Waals surface area contributed by atoms with Gasteiger partial charge in [-0.25, -0.2) is 4.98 Å². The maximum atomic E-state index is 9.63. The molecule has 3 aromatic rings. The molecule has 4 fully saturated rings. The summed E-state index contributed by atoms with van der Waals surface area (Å²) in [6, 6.07) is 14.1. The molecule has 4 unspecified atom stereocenters. The molecule has 9 heteroatoms. The molecule has 6 heterocycles. The Morgan fingerprint density at radius 3 is 2.56 bits per heavy atom. The molecule has 0 amide bonds. The fraction of sp³-hybridized carbons (Fsp3) is 0.500. The van der Waals surface area contributed by atoms with Crippen molar-refractivity contribution in [3.63, 3.8) is 0 Å². The number of aromatic nitrogens is 3. The van der Waals surface area contributed by atoms with Gasteiger partial charge in [0.05, 0.1) is 17.9 Å². The molecule has 3 N–H and O–H groups in total. The van der Waals surface area contributed by atoms with Crippen molar-refractivity contribution in [1.82, 2.24) is 24.6 Å². The molecule has 4 atom stereocenters. The van der Waals surface area contributed by atoms with Crippen LogP contribution in [-0.4, -0.2) is 62.2 Å². The second-order valence-electron chi connectivity index (χ2n) is 10.7. The van der Waals surface area contributed by atoms with Crippen LogP contribution in [0.15, 0.2) is 53.9 Å². The predicted molar refractivity (Wildman–Crippen MR) is 165 cm³/mol. The third-order valence-electron chi connectivity index (χ3n) is 7.67. The van der Waals surface area contributed by atoms with Crippen molar-refractivity contribution < 1.29 is 4.74 Å². The molecule has 1 saturated carbocycles. The van der Waals surface area contributed by atoms with Gasteiger partial charge in [0.25, 0.3) is 0 Å². The van der Waals surface area contributed by atoms with E-state index in [1.807, 2.05) is 58.0 Å². The molecule has 3 saturated heterocycles. The van der Waals surface area contributed by atoms with Crippen molar-refractivity contribution >= 4 is 16.9 Å². The summed E-state index contributed by atoms with van der Waals surface area (Å²) in [5, 5.41) is 13.3. The molecule has 3 aliphatic heterocycles. The average molecular weight is 557 g/mol. The maximum Gasteiger partial charge on any atom is 0.201 e. The Morgan fingerprint density at radius 2 is 1.98 bits per heavy atom. The van der Waals surface area contributed by atoms with E-state index in [4.69, 9.17) is 15.5 Å². The Bertz CT molecular complexity index is 1390. The highest BCUT2D eigenvalue weighted by molar-refractivity contribution is 6.22. The van der Waals surface area contributed by atoms with Crippen LogP contribution in [0.1, 0.15) is 83.9 Å². The number of rotatable bonds is 7. The van der Waals surface area contributed by atoms with Crippen molar-refractivity contribution in [2.45, 2.75) is 91.1 Å². The molecule has 4 aliphatic rings. The third kappa shape index (κ3) is 6.45. The number of fused-ring (bicyclic) bond motifs is 2. The molecule has 0 radical (unpaired) electrons. The number of nitriles is 1. The van der Waals surface area contributed by atoms with E-state index in [1.165, 1.54) is 19.3 Å². The summed E-state index contributed by atoms with van der Waals surface area (Å²) in [5.41, 5.74) is 10.5. The lowest BCUT2D eigenvalue weighted by Crippen LogP contribution is -2.59. The van der Waals surface area contributed by atoms with E-state index in [-0.39, 0.29) is 12.1 Å². The summed E-state index contributed by atoms with van der Waals surface area (Å²) in [6.07, 6.45) is 8.40. The minimum absolute atomic E-state index is 0.276. The van der Waals surface area contributed by atoms with Crippen molar-refractivity contribution in [2.75, 3.05) is 13.1 Å². The van der Waals surface area contributed by atoms with Crippen LogP contribution in [-0.2, 0) is 0 Å². The van der Waals surface area contributed by atoms with E-state index < -0.39 is 0 Å². The van der Waals surface area contributed by atoms with Gasteiger partial charge in [-0.3, -0.25) is 19.3 Å². The fourth-order valence-electron chi connectivity index (χ4n) is 5.74. The Kier molecular flexibility index (Phi) is 10.1. The largest absolute Gasteiger partial charge is 0.469 e. The Morgan fingerprint density at radius 1 is 1.24 bits per heavy atom. The molecule has 0 spiro atoms. The first-order chi connectivity index (χ1) is 19.9. The Hall–Kier alpha value is -3.74. The highest BCUT2D eigenvalue weighted by atomic mass is 16.5. The number of ether oxygens (including phenoxy) is 1. The van der Waals surface area contributed by atoms with Gasteiger partial charge in [-0.2, -0.15) is 5.26 Å². The zero-order valence-electron chi connectivity index (χ0n) is 25.2. The van der Waals surface area contributed by atoms with Gasteiger partial charge in [-0.15, -0.1) is 0 Å². The van der Waals surface area contributed by atoms with E-state index in [0.717, 1.165) is 41.7 Å². The second kappa shape index (κ2) is 13.7. The van der Waals surface area contributed by atoms with Crippen molar-refractivity contribution in [3.05, 3.63) is 65.9 Å². The van der Waals surface area contributed by atoms with Crippen LogP contribution >= 0.6 is 0 Å². The molecule has 41 heavy (non-hydrogen) atoms. The summed E-state index contributed by atoms with van der Waals surface area (Å²) in [6.45, 7) is 14.2. The number of likely N-dealkylation sites (tertiary alicyclic amines) is 1. The van der Waals surface area contributed by atoms with E-state index >= 15 is 0 Å². The molecule has 0 aromatic carbocycles. The summed E-state index contributed by atoms with van der Waals surface area (Å²) in [4.78, 5) is 16.4. The number of nitrogens with zero attached hydrogens (tertiary/aromatic N) is 6. The van der Waals surface area contributed by atoms with Crippen LogP contribution in [0.5, 0.6) is 5.88 Å². The number of hydrogen-bond acceptors (Lipinski definition) is 8. The summed E-state index contributed by atoms with van der Waals surface area (Å²) in [7, 11) is 0.